The maximum atomic E-state index is 12.4. The van der Waals surface area contributed by atoms with E-state index >= 15 is 0 Å². The van der Waals surface area contributed by atoms with E-state index in [1.54, 1.807) is 25.3 Å². The highest BCUT2D eigenvalue weighted by molar-refractivity contribution is 6.04. The number of benzene rings is 2. The summed E-state index contributed by atoms with van der Waals surface area (Å²) in [5, 5.41) is 2.92. The average Bonchev–Trinajstić information content (AvgIpc) is 2.55. The molecular formula is C19H24N2O3. The number of nitrogens with zero attached hydrogens (tertiary/aromatic N) is 1. The standard InChI is InChI=1S/C19H24N2O3/c1-14-12-16(8-9-18(14)21(2)3)20-19(22)15-6-5-7-17(13-15)24-11-10-23-4/h5-9,12-13H,10-11H2,1-4H3,(H,20,22). The number of hydrogen-bond acceptors (Lipinski definition) is 4. The van der Waals surface area contributed by atoms with Crippen molar-refractivity contribution < 1.29 is 14.3 Å². The molecule has 0 saturated heterocycles. The third kappa shape index (κ3) is 4.73. The summed E-state index contributed by atoms with van der Waals surface area (Å²) in [6.07, 6.45) is 0. The zero-order chi connectivity index (χ0) is 17.5. The van der Waals surface area contributed by atoms with Crippen LogP contribution in [0.1, 0.15) is 15.9 Å². The van der Waals surface area contributed by atoms with Crippen molar-refractivity contribution in [2.45, 2.75) is 6.92 Å². The van der Waals surface area contributed by atoms with Gasteiger partial charge in [-0.15, -0.1) is 0 Å². The van der Waals surface area contributed by atoms with E-state index in [0.717, 1.165) is 16.9 Å². The monoisotopic (exact) mass is 328 g/mol. The summed E-state index contributed by atoms with van der Waals surface area (Å²) in [6, 6.07) is 13.0. The smallest absolute Gasteiger partial charge is 0.255 e. The summed E-state index contributed by atoms with van der Waals surface area (Å²) in [7, 11) is 5.61. The van der Waals surface area contributed by atoms with Crippen LogP contribution < -0.4 is 15.0 Å². The van der Waals surface area contributed by atoms with Gasteiger partial charge in [-0.1, -0.05) is 6.07 Å². The minimum atomic E-state index is -0.163. The maximum absolute atomic E-state index is 12.4. The van der Waals surface area contributed by atoms with Gasteiger partial charge in [0.15, 0.2) is 0 Å². The van der Waals surface area contributed by atoms with Crippen molar-refractivity contribution in [2.75, 3.05) is 44.6 Å². The molecule has 0 bridgehead atoms. The summed E-state index contributed by atoms with van der Waals surface area (Å²) in [5.41, 5.74) is 3.56. The van der Waals surface area contributed by atoms with Crippen molar-refractivity contribution in [1.82, 2.24) is 0 Å². The molecule has 24 heavy (non-hydrogen) atoms. The molecule has 0 fully saturated rings. The molecule has 0 heterocycles. The van der Waals surface area contributed by atoms with Crippen LogP contribution in [-0.2, 0) is 4.74 Å². The molecule has 0 aromatic heterocycles. The zero-order valence-electron chi connectivity index (χ0n) is 14.6. The topological polar surface area (TPSA) is 50.8 Å². The highest BCUT2D eigenvalue weighted by Crippen LogP contribution is 2.22. The number of methoxy groups -OCH3 is 1. The molecule has 5 heteroatoms. The molecule has 2 rings (SSSR count). The Bertz CT molecular complexity index is 699. The van der Waals surface area contributed by atoms with E-state index in [1.165, 1.54) is 0 Å². The second-order valence-corrected chi connectivity index (χ2v) is 5.72. The van der Waals surface area contributed by atoms with Crippen molar-refractivity contribution in [3.63, 3.8) is 0 Å². The summed E-state index contributed by atoms with van der Waals surface area (Å²) in [4.78, 5) is 14.5. The van der Waals surface area contributed by atoms with Gasteiger partial charge in [-0.25, -0.2) is 0 Å². The van der Waals surface area contributed by atoms with E-state index in [-0.39, 0.29) is 5.91 Å². The second-order valence-electron chi connectivity index (χ2n) is 5.72. The number of aryl methyl sites for hydroxylation is 1. The average molecular weight is 328 g/mol. The van der Waals surface area contributed by atoms with Crippen LogP contribution in [0.5, 0.6) is 5.75 Å². The van der Waals surface area contributed by atoms with Crippen LogP contribution in [0.4, 0.5) is 11.4 Å². The summed E-state index contributed by atoms with van der Waals surface area (Å²) in [5.74, 6) is 0.489. The van der Waals surface area contributed by atoms with Crippen LogP contribution in [0.15, 0.2) is 42.5 Å². The fraction of sp³-hybridized carbons (Fsp3) is 0.316. The third-order valence-corrected chi connectivity index (χ3v) is 3.59. The molecule has 0 aliphatic heterocycles. The Hall–Kier alpha value is -2.53. The first-order chi connectivity index (χ1) is 11.5. The van der Waals surface area contributed by atoms with Gasteiger partial charge in [0.1, 0.15) is 12.4 Å². The van der Waals surface area contributed by atoms with E-state index < -0.39 is 0 Å². The number of nitrogens with one attached hydrogen (secondary N) is 1. The molecular weight excluding hydrogens is 304 g/mol. The Labute approximate surface area is 143 Å². The Morgan fingerprint density at radius 3 is 2.58 bits per heavy atom. The number of amides is 1. The van der Waals surface area contributed by atoms with Crippen LogP contribution in [0.25, 0.3) is 0 Å². The van der Waals surface area contributed by atoms with E-state index in [9.17, 15) is 4.79 Å². The van der Waals surface area contributed by atoms with Crippen molar-refractivity contribution >= 4 is 17.3 Å². The van der Waals surface area contributed by atoms with E-state index in [0.29, 0.717) is 24.5 Å². The molecule has 0 radical (unpaired) electrons. The highest BCUT2D eigenvalue weighted by Gasteiger charge is 2.09. The van der Waals surface area contributed by atoms with Crippen molar-refractivity contribution in [3.05, 3.63) is 53.6 Å². The molecule has 0 aliphatic rings. The molecule has 2 aromatic carbocycles. The Balaban J connectivity index is 2.07. The molecule has 0 spiro atoms. The maximum Gasteiger partial charge on any atom is 0.255 e. The Morgan fingerprint density at radius 2 is 1.92 bits per heavy atom. The molecule has 1 amide bonds. The van der Waals surface area contributed by atoms with Gasteiger partial charge in [0.05, 0.1) is 6.61 Å². The quantitative estimate of drug-likeness (QED) is 0.792. The highest BCUT2D eigenvalue weighted by atomic mass is 16.5. The largest absolute Gasteiger partial charge is 0.491 e. The minimum absolute atomic E-state index is 0.163. The first kappa shape index (κ1) is 17.8. The molecule has 0 atom stereocenters. The van der Waals surface area contributed by atoms with Crippen LogP contribution in [0, 0.1) is 6.92 Å². The first-order valence-electron chi connectivity index (χ1n) is 7.82. The van der Waals surface area contributed by atoms with Crippen molar-refractivity contribution in [2.24, 2.45) is 0 Å². The Morgan fingerprint density at radius 1 is 1.12 bits per heavy atom. The lowest BCUT2D eigenvalue weighted by atomic mass is 10.1. The molecule has 128 valence electrons. The second kappa shape index (κ2) is 8.36. The third-order valence-electron chi connectivity index (χ3n) is 3.59. The number of carbonyl (C=O) groups is 1. The van der Waals surface area contributed by atoms with Crippen molar-refractivity contribution in [1.29, 1.82) is 0 Å². The molecule has 0 unspecified atom stereocenters. The van der Waals surface area contributed by atoms with E-state index in [2.05, 4.69) is 5.32 Å². The van der Waals surface area contributed by atoms with Gasteiger partial charge in [-0.3, -0.25) is 4.79 Å². The summed E-state index contributed by atoms with van der Waals surface area (Å²) in [6.45, 7) is 2.98. The lowest BCUT2D eigenvalue weighted by Crippen LogP contribution is -2.14. The predicted molar refractivity (Wildman–Crippen MR) is 97.3 cm³/mol. The number of hydrogen-bond donors (Lipinski definition) is 1. The van der Waals surface area contributed by atoms with Gasteiger partial charge in [-0.2, -0.15) is 0 Å². The zero-order valence-corrected chi connectivity index (χ0v) is 14.6. The van der Waals surface area contributed by atoms with E-state index in [1.807, 2.05) is 50.2 Å². The van der Waals surface area contributed by atoms with Gasteiger partial charge in [0.2, 0.25) is 0 Å². The summed E-state index contributed by atoms with van der Waals surface area (Å²) >= 11 is 0. The van der Waals surface area contributed by atoms with Crippen molar-refractivity contribution in [3.8, 4) is 5.75 Å². The molecule has 5 nitrogen and oxygen atoms in total. The predicted octanol–water partition coefficient (Wildman–Crippen LogP) is 3.34. The molecule has 0 saturated carbocycles. The number of carbonyl (C=O) groups excluding carboxylic acids is 1. The molecule has 2 aromatic rings. The van der Waals surface area contributed by atoms with Crippen LogP contribution >= 0.6 is 0 Å². The lowest BCUT2D eigenvalue weighted by Gasteiger charge is -2.16. The van der Waals surface area contributed by atoms with Crippen LogP contribution in [0.2, 0.25) is 0 Å². The SMILES string of the molecule is COCCOc1cccc(C(=O)Nc2ccc(N(C)C)c(C)c2)c1. The Kier molecular flexibility index (Phi) is 6.21. The summed E-state index contributed by atoms with van der Waals surface area (Å²) < 4.78 is 10.5. The fourth-order valence-electron chi connectivity index (χ4n) is 2.41. The van der Waals surface area contributed by atoms with E-state index in [4.69, 9.17) is 9.47 Å². The number of anilines is 2. The van der Waals surface area contributed by atoms with Crippen LogP contribution in [-0.4, -0.2) is 40.3 Å². The van der Waals surface area contributed by atoms with Crippen LogP contribution in [0.3, 0.4) is 0 Å². The lowest BCUT2D eigenvalue weighted by molar-refractivity contribution is 0.102. The fourth-order valence-corrected chi connectivity index (χ4v) is 2.41. The van der Waals surface area contributed by atoms with Gasteiger partial charge in [0.25, 0.3) is 5.91 Å². The molecule has 0 aliphatic carbocycles. The van der Waals surface area contributed by atoms with Gasteiger partial charge in [-0.05, 0) is 48.9 Å². The van der Waals surface area contributed by atoms with Gasteiger partial charge < -0.3 is 19.7 Å². The minimum Gasteiger partial charge on any atom is -0.491 e. The molecule has 1 N–H and O–H groups in total. The first-order valence-corrected chi connectivity index (χ1v) is 7.82. The van der Waals surface area contributed by atoms with Gasteiger partial charge in [0, 0.05) is 38.1 Å². The number of ether oxygens (including phenoxy) is 2. The number of rotatable bonds is 7. The normalized spacial score (nSPS) is 10.3. The van der Waals surface area contributed by atoms with Gasteiger partial charge >= 0.3 is 0 Å².